The van der Waals surface area contributed by atoms with Crippen LogP contribution in [0.5, 0.6) is 11.5 Å². The van der Waals surface area contributed by atoms with Gasteiger partial charge in [0, 0.05) is 13.0 Å². The fraction of sp³-hybridized carbons (Fsp3) is 0.611. The van der Waals surface area contributed by atoms with Crippen molar-refractivity contribution in [2.45, 2.75) is 46.1 Å². The number of amides is 1. The van der Waals surface area contributed by atoms with Gasteiger partial charge in [-0.15, -0.1) is 0 Å². The Kier molecular flexibility index (Phi) is 7.36. The number of methoxy groups -OCH3 is 2. The Hall–Kier alpha value is -1.75. The lowest BCUT2D eigenvalue weighted by atomic mass is 9.87. The number of rotatable bonds is 8. The summed E-state index contributed by atoms with van der Waals surface area (Å²) in [6.45, 7) is 6.44. The Bertz CT molecular complexity index is 508. The molecule has 0 aliphatic carbocycles. The van der Waals surface area contributed by atoms with Gasteiger partial charge in [0.1, 0.15) is 0 Å². The second kappa shape index (κ2) is 8.77. The zero-order valence-electron chi connectivity index (χ0n) is 14.8. The van der Waals surface area contributed by atoms with Gasteiger partial charge in [0.05, 0.1) is 20.3 Å². The van der Waals surface area contributed by atoms with Gasteiger partial charge < -0.3 is 19.9 Å². The molecule has 2 N–H and O–H groups in total. The molecule has 1 rings (SSSR count). The third-order valence-corrected chi connectivity index (χ3v) is 3.83. The van der Waals surface area contributed by atoms with Crippen LogP contribution in [0.15, 0.2) is 18.2 Å². The van der Waals surface area contributed by atoms with Crippen LogP contribution in [0.2, 0.25) is 0 Å². The fourth-order valence-electron chi connectivity index (χ4n) is 2.16. The van der Waals surface area contributed by atoms with E-state index in [1.807, 2.05) is 39.0 Å². The average Bonchev–Trinajstić information content (AvgIpc) is 2.51. The maximum atomic E-state index is 11.9. The van der Waals surface area contributed by atoms with Gasteiger partial charge in [-0.05, 0) is 36.0 Å². The van der Waals surface area contributed by atoms with Crippen LogP contribution in [0.4, 0.5) is 0 Å². The summed E-state index contributed by atoms with van der Waals surface area (Å²) in [6.07, 6.45) is 1.18. The summed E-state index contributed by atoms with van der Waals surface area (Å²) in [7, 11) is 3.19. The SMILES string of the molecule is COc1ccc(CCC(=O)NCC[C@@H](O)C(C)(C)C)cc1OC. The zero-order chi connectivity index (χ0) is 17.5. The third-order valence-electron chi connectivity index (χ3n) is 3.83. The van der Waals surface area contributed by atoms with Crippen LogP contribution in [0.1, 0.15) is 39.2 Å². The molecule has 0 aliphatic rings. The van der Waals surface area contributed by atoms with Crippen LogP contribution >= 0.6 is 0 Å². The molecule has 0 spiro atoms. The summed E-state index contributed by atoms with van der Waals surface area (Å²) in [4.78, 5) is 11.9. The smallest absolute Gasteiger partial charge is 0.220 e. The van der Waals surface area contributed by atoms with Crippen LogP contribution < -0.4 is 14.8 Å². The van der Waals surface area contributed by atoms with E-state index in [0.717, 1.165) is 5.56 Å². The number of aryl methyl sites for hydroxylation is 1. The van der Waals surface area contributed by atoms with Crippen molar-refractivity contribution in [2.24, 2.45) is 5.41 Å². The molecule has 0 fully saturated rings. The van der Waals surface area contributed by atoms with Crippen molar-refractivity contribution in [1.29, 1.82) is 0 Å². The van der Waals surface area contributed by atoms with Gasteiger partial charge in [0.15, 0.2) is 11.5 Å². The van der Waals surface area contributed by atoms with Crippen LogP contribution in [0.25, 0.3) is 0 Å². The monoisotopic (exact) mass is 323 g/mol. The first-order chi connectivity index (χ1) is 10.8. The number of hydrogen-bond acceptors (Lipinski definition) is 4. The van der Waals surface area contributed by atoms with Crippen molar-refractivity contribution in [3.8, 4) is 11.5 Å². The maximum absolute atomic E-state index is 11.9. The standard InChI is InChI=1S/C18H29NO4/c1-18(2,3)16(20)10-11-19-17(21)9-7-13-6-8-14(22-4)15(12-13)23-5/h6,8,12,16,20H,7,9-11H2,1-5H3,(H,19,21)/t16-/m1/s1. The van der Waals surface area contributed by atoms with E-state index in [2.05, 4.69) is 5.32 Å². The highest BCUT2D eigenvalue weighted by Crippen LogP contribution is 2.28. The van der Waals surface area contributed by atoms with E-state index in [9.17, 15) is 9.90 Å². The highest BCUT2D eigenvalue weighted by Gasteiger charge is 2.21. The van der Waals surface area contributed by atoms with Crippen molar-refractivity contribution >= 4 is 5.91 Å². The summed E-state index contributed by atoms with van der Waals surface area (Å²) in [5.74, 6) is 1.33. The molecular formula is C18H29NO4. The minimum absolute atomic E-state index is 0.0131. The molecular weight excluding hydrogens is 294 g/mol. The van der Waals surface area contributed by atoms with Crippen molar-refractivity contribution in [1.82, 2.24) is 5.32 Å². The Morgan fingerprint density at radius 2 is 1.87 bits per heavy atom. The molecule has 1 aromatic rings. The first-order valence-corrected chi connectivity index (χ1v) is 7.93. The highest BCUT2D eigenvalue weighted by molar-refractivity contribution is 5.76. The summed E-state index contributed by atoms with van der Waals surface area (Å²) >= 11 is 0. The van der Waals surface area contributed by atoms with Crippen molar-refractivity contribution in [3.05, 3.63) is 23.8 Å². The lowest BCUT2D eigenvalue weighted by Gasteiger charge is -2.25. The van der Waals surface area contributed by atoms with Gasteiger partial charge in [-0.3, -0.25) is 4.79 Å². The molecule has 0 aromatic heterocycles. The van der Waals surface area contributed by atoms with Gasteiger partial charge >= 0.3 is 0 Å². The number of ether oxygens (including phenoxy) is 2. The first kappa shape index (κ1) is 19.3. The summed E-state index contributed by atoms with van der Waals surface area (Å²) in [6, 6.07) is 5.65. The summed E-state index contributed by atoms with van der Waals surface area (Å²) < 4.78 is 10.4. The molecule has 0 bridgehead atoms. The molecule has 0 radical (unpaired) electrons. The largest absolute Gasteiger partial charge is 0.493 e. The van der Waals surface area contributed by atoms with Gasteiger partial charge in [0.2, 0.25) is 5.91 Å². The van der Waals surface area contributed by atoms with E-state index in [1.54, 1.807) is 14.2 Å². The minimum atomic E-state index is -0.423. The number of nitrogens with one attached hydrogen (secondary N) is 1. The molecule has 1 amide bonds. The van der Waals surface area contributed by atoms with Gasteiger partial charge in [-0.25, -0.2) is 0 Å². The van der Waals surface area contributed by atoms with E-state index in [0.29, 0.717) is 37.3 Å². The Morgan fingerprint density at radius 3 is 2.43 bits per heavy atom. The van der Waals surface area contributed by atoms with Crippen LogP contribution in [-0.4, -0.2) is 37.9 Å². The molecule has 1 aromatic carbocycles. The van der Waals surface area contributed by atoms with Gasteiger partial charge in [0.25, 0.3) is 0 Å². The van der Waals surface area contributed by atoms with E-state index in [1.165, 1.54) is 0 Å². The van der Waals surface area contributed by atoms with Crippen molar-refractivity contribution in [2.75, 3.05) is 20.8 Å². The topological polar surface area (TPSA) is 67.8 Å². The fourth-order valence-corrected chi connectivity index (χ4v) is 2.16. The van der Waals surface area contributed by atoms with E-state index in [4.69, 9.17) is 9.47 Å². The number of aliphatic hydroxyl groups excluding tert-OH is 1. The quantitative estimate of drug-likeness (QED) is 0.771. The lowest BCUT2D eigenvalue weighted by molar-refractivity contribution is -0.121. The number of aliphatic hydroxyl groups is 1. The number of benzene rings is 1. The van der Waals surface area contributed by atoms with Crippen molar-refractivity contribution in [3.63, 3.8) is 0 Å². The van der Waals surface area contributed by atoms with Gasteiger partial charge in [-0.1, -0.05) is 26.8 Å². The average molecular weight is 323 g/mol. The van der Waals surface area contributed by atoms with Crippen LogP contribution in [0, 0.1) is 5.41 Å². The molecule has 130 valence electrons. The van der Waals surface area contributed by atoms with Gasteiger partial charge in [-0.2, -0.15) is 0 Å². The molecule has 0 unspecified atom stereocenters. The predicted molar refractivity (Wildman–Crippen MR) is 91.0 cm³/mol. The first-order valence-electron chi connectivity index (χ1n) is 7.93. The summed E-state index contributed by atoms with van der Waals surface area (Å²) in [5.41, 5.74) is 0.859. The van der Waals surface area contributed by atoms with E-state index in [-0.39, 0.29) is 11.3 Å². The molecule has 0 saturated carbocycles. The molecule has 5 heteroatoms. The van der Waals surface area contributed by atoms with Crippen LogP contribution in [-0.2, 0) is 11.2 Å². The molecule has 1 atom stereocenters. The highest BCUT2D eigenvalue weighted by atomic mass is 16.5. The van der Waals surface area contributed by atoms with Crippen LogP contribution in [0.3, 0.4) is 0 Å². The minimum Gasteiger partial charge on any atom is -0.493 e. The molecule has 0 aliphatic heterocycles. The molecule has 0 heterocycles. The van der Waals surface area contributed by atoms with Crippen molar-refractivity contribution < 1.29 is 19.4 Å². The maximum Gasteiger partial charge on any atom is 0.220 e. The molecule has 0 saturated heterocycles. The number of hydrogen-bond donors (Lipinski definition) is 2. The third kappa shape index (κ3) is 6.48. The number of carbonyl (C=O) groups excluding carboxylic acids is 1. The Morgan fingerprint density at radius 1 is 1.22 bits per heavy atom. The second-order valence-corrected chi connectivity index (χ2v) is 6.71. The van der Waals surface area contributed by atoms with E-state index < -0.39 is 6.10 Å². The Balaban J connectivity index is 2.39. The predicted octanol–water partition coefficient (Wildman–Crippen LogP) is 2.55. The second-order valence-electron chi connectivity index (χ2n) is 6.71. The lowest BCUT2D eigenvalue weighted by Crippen LogP contribution is -2.32. The summed E-state index contributed by atoms with van der Waals surface area (Å²) in [5, 5.41) is 12.8. The normalized spacial score (nSPS) is 12.6. The molecule has 5 nitrogen and oxygen atoms in total. The molecule has 23 heavy (non-hydrogen) atoms. The zero-order valence-corrected chi connectivity index (χ0v) is 14.8. The number of carbonyl (C=O) groups is 1. The van der Waals surface area contributed by atoms with E-state index >= 15 is 0 Å². The Labute approximate surface area is 139 Å².